The first kappa shape index (κ1) is 10.1. The van der Waals surface area contributed by atoms with Crippen LogP contribution in [0.3, 0.4) is 0 Å². The van der Waals surface area contributed by atoms with Gasteiger partial charge in [-0.05, 0) is 19.3 Å². The highest BCUT2D eigenvalue weighted by Gasteiger charge is 2.26. The Kier molecular flexibility index (Phi) is 3.54. The first-order chi connectivity index (χ1) is 6.86. The molecule has 3 heteroatoms. The van der Waals surface area contributed by atoms with Crippen molar-refractivity contribution in [2.75, 3.05) is 32.8 Å². The van der Waals surface area contributed by atoms with E-state index in [-0.39, 0.29) is 0 Å². The molecule has 2 fully saturated rings. The fraction of sp³-hybridized carbons (Fsp3) is 0.909. The zero-order chi connectivity index (χ0) is 9.80. The van der Waals surface area contributed by atoms with Crippen LogP contribution in [-0.2, 0) is 9.53 Å². The molecule has 0 aromatic carbocycles. The highest BCUT2D eigenvalue weighted by Crippen LogP contribution is 2.22. The molecule has 0 aromatic rings. The monoisotopic (exact) mass is 197 g/mol. The highest BCUT2D eigenvalue weighted by molar-refractivity contribution is 5.83. The number of Topliss-reactive ketones (excluding diaryl/α,β-unsaturated/α-hetero) is 1. The zero-order valence-corrected chi connectivity index (χ0v) is 8.71. The van der Waals surface area contributed by atoms with Gasteiger partial charge in [-0.25, -0.2) is 0 Å². The fourth-order valence-corrected chi connectivity index (χ4v) is 2.37. The standard InChI is InChI=1S/C11H19NO2/c13-11-4-1-3-10(11)9-12-5-2-7-14-8-6-12/h10H,1-9H2. The molecule has 1 heterocycles. The zero-order valence-electron chi connectivity index (χ0n) is 8.71. The van der Waals surface area contributed by atoms with Gasteiger partial charge in [0, 0.05) is 38.6 Å². The average Bonchev–Trinajstić information content (AvgIpc) is 2.44. The molecule has 1 atom stereocenters. The number of hydrogen-bond acceptors (Lipinski definition) is 3. The van der Waals surface area contributed by atoms with Crippen LogP contribution in [0.25, 0.3) is 0 Å². The van der Waals surface area contributed by atoms with Gasteiger partial charge in [-0.15, -0.1) is 0 Å². The second-order valence-electron chi connectivity index (χ2n) is 4.32. The molecule has 0 bridgehead atoms. The summed E-state index contributed by atoms with van der Waals surface area (Å²) in [5.74, 6) is 0.809. The third kappa shape index (κ3) is 2.55. The van der Waals surface area contributed by atoms with Crippen molar-refractivity contribution in [2.24, 2.45) is 5.92 Å². The summed E-state index contributed by atoms with van der Waals surface area (Å²) in [7, 11) is 0. The van der Waals surface area contributed by atoms with Crippen molar-refractivity contribution in [1.82, 2.24) is 4.90 Å². The average molecular weight is 197 g/mol. The number of carbonyl (C=O) groups excluding carboxylic acids is 1. The largest absolute Gasteiger partial charge is 0.380 e. The molecule has 1 saturated carbocycles. The second kappa shape index (κ2) is 4.89. The Balaban J connectivity index is 1.80. The lowest BCUT2D eigenvalue weighted by molar-refractivity contribution is -0.121. The normalized spacial score (nSPS) is 30.6. The summed E-state index contributed by atoms with van der Waals surface area (Å²) in [6, 6.07) is 0. The SMILES string of the molecule is O=C1CCCC1CN1CCCOCC1. The molecule has 1 aliphatic heterocycles. The Morgan fingerprint density at radius 1 is 1.29 bits per heavy atom. The van der Waals surface area contributed by atoms with Crippen molar-refractivity contribution in [3.05, 3.63) is 0 Å². The fourth-order valence-electron chi connectivity index (χ4n) is 2.37. The van der Waals surface area contributed by atoms with Crippen molar-refractivity contribution < 1.29 is 9.53 Å². The number of hydrogen-bond donors (Lipinski definition) is 0. The molecular weight excluding hydrogens is 178 g/mol. The van der Waals surface area contributed by atoms with Gasteiger partial charge in [0.1, 0.15) is 5.78 Å². The maximum atomic E-state index is 11.5. The maximum absolute atomic E-state index is 11.5. The second-order valence-corrected chi connectivity index (χ2v) is 4.32. The van der Waals surface area contributed by atoms with E-state index in [9.17, 15) is 4.79 Å². The summed E-state index contributed by atoms with van der Waals surface area (Å²) < 4.78 is 5.39. The van der Waals surface area contributed by atoms with Crippen LogP contribution in [0.4, 0.5) is 0 Å². The Bertz CT molecular complexity index is 197. The third-order valence-corrected chi connectivity index (χ3v) is 3.22. The lowest BCUT2D eigenvalue weighted by atomic mass is 10.1. The van der Waals surface area contributed by atoms with Gasteiger partial charge in [0.25, 0.3) is 0 Å². The summed E-state index contributed by atoms with van der Waals surface area (Å²) in [5, 5.41) is 0. The molecule has 3 nitrogen and oxygen atoms in total. The number of nitrogens with zero attached hydrogens (tertiary/aromatic N) is 1. The molecule has 0 aromatic heterocycles. The number of ketones is 1. The van der Waals surface area contributed by atoms with Crippen molar-refractivity contribution in [3.8, 4) is 0 Å². The molecule has 1 unspecified atom stereocenters. The summed E-state index contributed by atoms with van der Waals surface area (Å²) in [4.78, 5) is 13.9. The van der Waals surface area contributed by atoms with Gasteiger partial charge in [0.05, 0.1) is 6.61 Å². The number of ether oxygens (including phenoxy) is 1. The predicted molar refractivity (Wildman–Crippen MR) is 54.2 cm³/mol. The molecule has 1 aliphatic carbocycles. The van der Waals surface area contributed by atoms with E-state index in [4.69, 9.17) is 4.74 Å². The topological polar surface area (TPSA) is 29.5 Å². The quantitative estimate of drug-likeness (QED) is 0.663. The molecule has 1 saturated heterocycles. The van der Waals surface area contributed by atoms with Crippen LogP contribution in [0, 0.1) is 5.92 Å². The van der Waals surface area contributed by atoms with Gasteiger partial charge in [-0.3, -0.25) is 4.79 Å². The van der Waals surface area contributed by atoms with Crippen LogP contribution in [0.2, 0.25) is 0 Å². The van der Waals surface area contributed by atoms with Crippen LogP contribution in [0.5, 0.6) is 0 Å². The maximum Gasteiger partial charge on any atom is 0.137 e. The minimum absolute atomic E-state index is 0.327. The van der Waals surface area contributed by atoms with Crippen molar-refractivity contribution in [2.45, 2.75) is 25.7 Å². The summed E-state index contributed by atoms with van der Waals surface area (Å²) in [5.41, 5.74) is 0. The van der Waals surface area contributed by atoms with Gasteiger partial charge in [0.2, 0.25) is 0 Å². The predicted octanol–water partition coefficient (Wildman–Crippen LogP) is 1.08. The molecule has 0 radical (unpaired) electrons. The summed E-state index contributed by atoms with van der Waals surface area (Å²) in [6.07, 6.45) is 4.14. The van der Waals surface area contributed by atoms with E-state index >= 15 is 0 Å². The molecule has 14 heavy (non-hydrogen) atoms. The smallest absolute Gasteiger partial charge is 0.137 e. The molecule has 80 valence electrons. The van der Waals surface area contributed by atoms with Crippen molar-refractivity contribution in [3.63, 3.8) is 0 Å². The minimum Gasteiger partial charge on any atom is -0.380 e. The van der Waals surface area contributed by atoms with E-state index in [1.807, 2.05) is 0 Å². The molecule has 2 aliphatic rings. The van der Waals surface area contributed by atoms with Gasteiger partial charge < -0.3 is 9.64 Å². The van der Waals surface area contributed by atoms with Crippen molar-refractivity contribution in [1.29, 1.82) is 0 Å². The van der Waals surface area contributed by atoms with E-state index in [1.165, 1.54) is 0 Å². The Labute approximate surface area is 85.4 Å². The Hall–Kier alpha value is -0.410. The van der Waals surface area contributed by atoms with Crippen LogP contribution < -0.4 is 0 Å². The van der Waals surface area contributed by atoms with Crippen molar-refractivity contribution >= 4 is 5.78 Å². The summed E-state index contributed by atoms with van der Waals surface area (Å²) >= 11 is 0. The van der Waals surface area contributed by atoms with Gasteiger partial charge in [-0.1, -0.05) is 0 Å². The van der Waals surface area contributed by atoms with Crippen LogP contribution in [-0.4, -0.2) is 43.5 Å². The van der Waals surface area contributed by atoms with Crippen LogP contribution in [0.1, 0.15) is 25.7 Å². The molecule has 2 rings (SSSR count). The lowest BCUT2D eigenvalue weighted by Gasteiger charge is -2.21. The van der Waals surface area contributed by atoms with Crippen LogP contribution >= 0.6 is 0 Å². The van der Waals surface area contributed by atoms with Crippen LogP contribution in [0.15, 0.2) is 0 Å². The van der Waals surface area contributed by atoms with Gasteiger partial charge >= 0.3 is 0 Å². The number of rotatable bonds is 2. The molecular formula is C11H19NO2. The van der Waals surface area contributed by atoms with Gasteiger partial charge in [-0.2, -0.15) is 0 Å². The van der Waals surface area contributed by atoms with Gasteiger partial charge in [0.15, 0.2) is 0 Å². The lowest BCUT2D eigenvalue weighted by Crippen LogP contribution is -2.33. The summed E-state index contributed by atoms with van der Waals surface area (Å²) in [6.45, 7) is 4.80. The first-order valence-electron chi connectivity index (χ1n) is 5.69. The first-order valence-corrected chi connectivity index (χ1v) is 5.69. The third-order valence-electron chi connectivity index (χ3n) is 3.22. The minimum atomic E-state index is 0.327. The number of carbonyl (C=O) groups is 1. The Morgan fingerprint density at radius 3 is 3.00 bits per heavy atom. The van der Waals surface area contributed by atoms with E-state index in [1.54, 1.807) is 0 Å². The van der Waals surface area contributed by atoms with E-state index < -0.39 is 0 Å². The molecule has 0 spiro atoms. The molecule has 0 N–H and O–H groups in total. The van der Waals surface area contributed by atoms with E-state index in [2.05, 4.69) is 4.90 Å². The highest BCUT2D eigenvalue weighted by atomic mass is 16.5. The van der Waals surface area contributed by atoms with E-state index in [0.29, 0.717) is 11.7 Å². The van der Waals surface area contributed by atoms with E-state index in [0.717, 1.165) is 58.5 Å². The Morgan fingerprint density at radius 2 is 2.21 bits per heavy atom. The molecule has 0 amide bonds.